The van der Waals surface area contributed by atoms with Gasteiger partial charge in [-0.25, -0.2) is 9.37 Å². The van der Waals surface area contributed by atoms with E-state index in [0.29, 0.717) is 17.5 Å². The molecule has 5 heteroatoms. The fraction of sp³-hybridized carbons (Fsp3) is 0.333. The number of halogens is 1. The monoisotopic (exact) mass is 275 g/mol. The van der Waals surface area contributed by atoms with E-state index in [1.165, 1.54) is 12.1 Å². The zero-order valence-electron chi connectivity index (χ0n) is 11.9. The van der Waals surface area contributed by atoms with Gasteiger partial charge in [0.15, 0.2) is 0 Å². The molecule has 1 aromatic carbocycles. The lowest BCUT2D eigenvalue weighted by Gasteiger charge is -2.11. The highest BCUT2D eigenvalue weighted by Crippen LogP contribution is 2.23. The number of aromatic nitrogens is 2. The molecule has 0 aliphatic heterocycles. The molecule has 20 heavy (non-hydrogen) atoms. The molecule has 1 heterocycles. The molecule has 0 atom stereocenters. The van der Waals surface area contributed by atoms with Gasteiger partial charge in [0.2, 0.25) is 5.88 Å². The lowest BCUT2D eigenvalue weighted by molar-refractivity contribution is 0.455. The Morgan fingerprint density at radius 1 is 1.20 bits per heavy atom. The fourth-order valence-corrected chi connectivity index (χ4v) is 1.65. The van der Waals surface area contributed by atoms with Crippen molar-refractivity contribution in [2.75, 3.05) is 11.9 Å². The molecule has 0 aliphatic carbocycles. The highest BCUT2D eigenvalue weighted by atomic mass is 19.1. The SMILES string of the molecule is CCNc1cc(Oc2ccc(F)cc2)nc(C(C)C)n1. The molecule has 0 fully saturated rings. The third-order valence-corrected chi connectivity index (χ3v) is 2.63. The topological polar surface area (TPSA) is 47.0 Å². The average Bonchev–Trinajstić information content (AvgIpc) is 2.41. The Balaban J connectivity index is 2.27. The van der Waals surface area contributed by atoms with Crippen molar-refractivity contribution in [2.45, 2.75) is 26.7 Å². The van der Waals surface area contributed by atoms with Gasteiger partial charge in [-0.3, -0.25) is 0 Å². The van der Waals surface area contributed by atoms with E-state index in [4.69, 9.17) is 4.74 Å². The van der Waals surface area contributed by atoms with Crippen molar-refractivity contribution in [1.29, 1.82) is 0 Å². The third-order valence-electron chi connectivity index (χ3n) is 2.63. The second-order valence-corrected chi connectivity index (χ2v) is 4.69. The number of anilines is 1. The second-order valence-electron chi connectivity index (χ2n) is 4.69. The van der Waals surface area contributed by atoms with Crippen LogP contribution in [0.1, 0.15) is 32.5 Å². The van der Waals surface area contributed by atoms with Crippen LogP contribution in [0.25, 0.3) is 0 Å². The van der Waals surface area contributed by atoms with Crippen LogP contribution in [0.15, 0.2) is 30.3 Å². The largest absolute Gasteiger partial charge is 0.439 e. The van der Waals surface area contributed by atoms with Gasteiger partial charge in [0.05, 0.1) is 0 Å². The molecular formula is C15H18FN3O. The standard InChI is InChI=1S/C15H18FN3O/c1-4-17-13-9-14(19-15(18-13)10(2)3)20-12-7-5-11(16)6-8-12/h5-10H,4H2,1-3H3,(H,17,18,19). The number of benzene rings is 1. The number of nitrogens with zero attached hydrogens (tertiary/aromatic N) is 2. The zero-order chi connectivity index (χ0) is 14.5. The lowest BCUT2D eigenvalue weighted by Crippen LogP contribution is -2.05. The third kappa shape index (κ3) is 3.66. The number of nitrogens with one attached hydrogen (secondary N) is 1. The second kappa shape index (κ2) is 6.32. The molecule has 0 spiro atoms. The molecule has 0 saturated carbocycles. The Hall–Kier alpha value is -2.17. The molecule has 0 radical (unpaired) electrons. The zero-order valence-corrected chi connectivity index (χ0v) is 11.9. The summed E-state index contributed by atoms with van der Waals surface area (Å²) in [5, 5.41) is 3.15. The van der Waals surface area contributed by atoms with Crippen molar-refractivity contribution in [3.05, 3.63) is 42.0 Å². The van der Waals surface area contributed by atoms with Crippen molar-refractivity contribution in [2.24, 2.45) is 0 Å². The lowest BCUT2D eigenvalue weighted by atomic mass is 10.2. The Morgan fingerprint density at radius 2 is 1.90 bits per heavy atom. The predicted octanol–water partition coefficient (Wildman–Crippen LogP) is 3.96. The Bertz CT molecular complexity index is 570. The first-order valence-electron chi connectivity index (χ1n) is 6.64. The van der Waals surface area contributed by atoms with Crippen LogP contribution in [0.3, 0.4) is 0 Å². The van der Waals surface area contributed by atoms with Crippen LogP contribution in [0, 0.1) is 5.82 Å². The first-order chi connectivity index (χ1) is 9.58. The molecule has 0 bridgehead atoms. The number of hydrogen-bond acceptors (Lipinski definition) is 4. The van der Waals surface area contributed by atoms with Crippen molar-refractivity contribution in [3.8, 4) is 11.6 Å². The molecular weight excluding hydrogens is 257 g/mol. The van der Waals surface area contributed by atoms with Gasteiger partial charge in [0.25, 0.3) is 0 Å². The van der Waals surface area contributed by atoms with E-state index in [-0.39, 0.29) is 11.7 Å². The maximum absolute atomic E-state index is 12.9. The molecule has 4 nitrogen and oxygen atoms in total. The van der Waals surface area contributed by atoms with Gasteiger partial charge in [0, 0.05) is 18.5 Å². The van der Waals surface area contributed by atoms with Crippen LogP contribution < -0.4 is 10.1 Å². The van der Waals surface area contributed by atoms with E-state index in [1.54, 1.807) is 18.2 Å². The summed E-state index contributed by atoms with van der Waals surface area (Å²) in [4.78, 5) is 8.78. The molecule has 2 aromatic rings. The summed E-state index contributed by atoms with van der Waals surface area (Å²) in [7, 11) is 0. The summed E-state index contributed by atoms with van der Waals surface area (Å²) < 4.78 is 18.5. The van der Waals surface area contributed by atoms with Crippen LogP contribution in [-0.4, -0.2) is 16.5 Å². The molecule has 2 rings (SSSR count). The molecule has 1 aromatic heterocycles. The van der Waals surface area contributed by atoms with Crippen LogP contribution in [-0.2, 0) is 0 Å². The van der Waals surface area contributed by atoms with Crippen LogP contribution in [0.2, 0.25) is 0 Å². The molecule has 0 aliphatic rings. The molecule has 106 valence electrons. The van der Waals surface area contributed by atoms with Gasteiger partial charge in [-0.05, 0) is 31.2 Å². The number of rotatable bonds is 5. The molecule has 0 amide bonds. The normalized spacial score (nSPS) is 10.7. The molecule has 1 N–H and O–H groups in total. The number of hydrogen-bond donors (Lipinski definition) is 1. The first kappa shape index (κ1) is 14.2. The van der Waals surface area contributed by atoms with Crippen molar-refractivity contribution < 1.29 is 9.13 Å². The van der Waals surface area contributed by atoms with Gasteiger partial charge in [-0.2, -0.15) is 4.98 Å². The molecule has 0 unspecified atom stereocenters. The van der Waals surface area contributed by atoms with Gasteiger partial charge in [0.1, 0.15) is 23.2 Å². The summed E-state index contributed by atoms with van der Waals surface area (Å²) >= 11 is 0. The summed E-state index contributed by atoms with van der Waals surface area (Å²) in [6.07, 6.45) is 0. The maximum atomic E-state index is 12.9. The van der Waals surface area contributed by atoms with Crippen molar-refractivity contribution in [3.63, 3.8) is 0 Å². The summed E-state index contributed by atoms with van der Waals surface area (Å²) in [5.41, 5.74) is 0. The van der Waals surface area contributed by atoms with Gasteiger partial charge in [-0.15, -0.1) is 0 Å². The smallest absolute Gasteiger partial charge is 0.224 e. The van der Waals surface area contributed by atoms with E-state index >= 15 is 0 Å². The predicted molar refractivity (Wildman–Crippen MR) is 76.8 cm³/mol. The van der Waals surface area contributed by atoms with E-state index in [2.05, 4.69) is 15.3 Å². The highest BCUT2D eigenvalue weighted by Gasteiger charge is 2.09. The van der Waals surface area contributed by atoms with E-state index in [0.717, 1.165) is 12.4 Å². The first-order valence-corrected chi connectivity index (χ1v) is 6.64. The number of ether oxygens (including phenoxy) is 1. The van der Waals surface area contributed by atoms with Crippen LogP contribution in [0.4, 0.5) is 10.2 Å². The minimum atomic E-state index is -0.295. The highest BCUT2D eigenvalue weighted by molar-refractivity contribution is 5.40. The van der Waals surface area contributed by atoms with Crippen molar-refractivity contribution >= 4 is 5.82 Å². The minimum Gasteiger partial charge on any atom is -0.439 e. The summed E-state index contributed by atoms with van der Waals surface area (Å²) in [5.74, 6) is 2.33. The Labute approximate surface area is 118 Å². The minimum absolute atomic E-state index is 0.198. The quantitative estimate of drug-likeness (QED) is 0.897. The van der Waals surface area contributed by atoms with Gasteiger partial charge >= 0.3 is 0 Å². The van der Waals surface area contributed by atoms with Crippen molar-refractivity contribution in [1.82, 2.24) is 9.97 Å². The van der Waals surface area contributed by atoms with Gasteiger partial charge < -0.3 is 10.1 Å². The van der Waals surface area contributed by atoms with Crippen LogP contribution in [0.5, 0.6) is 11.6 Å². The Kier molecular flexibility index (Phi) is 4.50. The summed E-state index contributed by atoms with van der Waals surface area (Å²) in [6.45, 7) is 6.81. The Morgan fingerprint density at radius 3 is 2.50 bits per heavy atom. The van der Waals surface area contributed by atoms with Crippen LogP contribution >= 0.6 is 0 Å². The van der Waals surface area contributed by atoms with E-state index in [9.17, 15) is 4.39 Å². The maximum Gasteiger partial charge on any atom is 0.224 e. The summed E-state index contributed by atoms with van der Waals surface area (Å²) in [6, 6.07) is 7.58. The molecule has 0 saturated heterocycles. The average molecular weight is 275 g/mol. The van der Waals surface area contributed by atoms with E-state index < -0.39 is 0 Å². The fourth-order valence-electron chi connectivity index (χ4n) is 1.65. The van der Waals surface area contributed by atoms with Gasteiger partial charge in [-0.1, -0.05) is 13.8 Å². The van der Waals surface area contributed by atoms with E-state index in [1.807, 2.05) is 20.8 Å².